The van der Waals surface area contributed by atoms with Gasteiger partial charge in [-0.3, -0.25) is 4.79 Å². The second-order valence-corrected chi connectivity index (χ2v) is 5.16. The topological polar surface area (TPSA) is 116 Å². The molecular formula is C12H16N2O5S. The number of carbonyl (C=O) groups is 3. The van der Waals surface area contributed by atoms with E-state index in [1.165, 1.54) is 11.3 Å². The van der Waals surface area contributed by atoms with Gasteiger partial charge >= 0.3 is 18.0 Å². The van der Waals surface area contributed by atoms with Gasteiger partial charge in [0.05, 0.1) is 6.04 Å². The van der Waals surface area contributed by atoms with Crippen LogP contribution in [-0.4, -0.2) is 34.2 Å². The fourth-order valence-electron chi connectivity index (χ4n) is 1.53. The SMILES string of the molecule is CC(NC(=O)N[C@@H](CCC(=O)O)C(=O)O)c1cccs1. The van der Waals surface area contributed by atoms with Gasteiger partial charge in [0.2, 0.25) is 0 Å². The van der Waals surface area contributed by atoms with Crippen LogP contribution in [0.4, 0.5) is 4.79 Å². The first-order valence-electron chi connectivity index (χ1n) is 5.95. The number of amides is 2. The van der Waals surface area contributed by atoms with Crippen LogP contribution >= 0.6 is 11.3 Å². The highest BCUT2D eigenvalue weighted by Crippen LogP contribution is 2.17. The predicted octanol–water partition coefficient (Wildman–Crippen LogP) is 1.43. The van der Waals surface area contributed by atoms with Gasteiger partial charge in [-0.2, -0.15) is 0 Å². The highest BCUT2D eigenvalue weighted by molar-refractivity contribution is 7.10. The standard InChI is InChI=1S/C12H16N2O5S/c1-7(9-3-2-6-20-9)13-12(19)14-8(11(17)18)4-5-10(15)16/h2-3,6-8H,4-5H2,1H3,(H,15,16)(H,17,18)(H2,13,14,19)/t7?,8-/m0/s1. The van der Waals surface area contributed by atoms with Crippen molar-refractivity contribution in [1.29, 1.82) is 0 Å². The third-order valence-corrected chi connectivity index (χ3v) is 3.62. The Morgan fingerprint density at radius 2 is 2.00 bits per heavy atom. The van der Waals surface area contributed by atoms with Crippen molar-refractivity contribution in [1.82, 2.24) is 10.6 Å². The lowest BCUT2D eigenvalue weighted by Gasteiger charge is -2.17. The molecule has 110 valence electrons. The van der Waals surface area contributed by atoms with E-state index < -0.39 is 24.0 Å². The summed E-state index contributed by atoms with van der Waals surface area (Å²) in [7, 11) is 0. The third kappa shape index (κ3) is 5.27. The van der Waals surface area contributed by atoms with Crippen LogP contribution in [0.2, 0.25) is 0 Å². The van der Waals surface area contributed by atoms with Crippen molar-refractivity contribution in [3.63, 3.8) is 0 Å². The molecule has 0 radical (unpaired) electrons. The average Bonchev–Trinajstić information content (AvgIpc) is 2.87. The van der Waals surface area contributed by atoms with Crippen LogP contribution in [0, 0.1) is 0 Å². The van der Waals surface area contributed by atoms with E-state index >= 15 is 0 Å². The number of urea groups is 1. The van der Waals surface area contributed by atoms with Crippen LogP contribution in [0.5, 0.6) is 0 Å². The maximum absolute atomic E-state index is 11.7. The molecule has 0 aliphatic rings. The lowest BCUT2D eigenvalue weighted by molar-refractivity contribution is -0.140. The quantitative estimate of drug-likeness (QED) is 0.608. The Bertz CT molecular complexity index is 474. The lowest BCUT2D eigenvalue weighted by Crippen LogP contribution is -2.46. The van der Waals surface area contributed by atoms with E-state index in [1.54, 1.807) is 6.92 Å². The Morgan fingerprint density at radius 1 is 1.30 bits per heavy atom. The minimum atomic E-state index is -1.26. The lowest BCUT2D eigenvalue weighted by atomic mass is 10.1. The summed E-state index contributed by atoms with van der Waals surface area (Å²) in [5, 5.41) is 24.2. The van der Waals surface area contributed by atoms with E-state index in [2.05, 4.69) is 10.6 Å². The summed E-state index contributed by atoms with van der Waals surface area (Å²) in [6.45, 7) is 1.78. The fourth-order valence-corrected chi connectivity index (χ4v) is 2.26. The molecule has 1 heterocycles. The Hall–Kier alpha value is -2.09. The summed E-state index contributed by atoms with van der Waals surface area (Å²) in [6, 6.07) is 1.60. The summed E-state index contributed by atoms with van der Waals surface area (Å²) in [6.07, 6.45) is -0.483. The third-order valence-electron chi connectivity index (χ3n) is 2.57. The zero-order valence-electron chi connectivity index (χ0n) is 10.8. The van der Waals surface area contributed by atoms with Crippen LogP contribution in [0.3, 0.4) is 0 Å². The molecule has 2 amide bonds. The second-order valence-electron chi connectivity index (χ2n) is 4.18. The van der Waals surface area contributed by atoms with E-state index in [4.69, 9.17) is 10.2 Å². The number of rotatable bonds is 7. The van der Waals surface area contributed by atoms with Gasteiger partial charge in [-0.25, -0.2) is 9.59 Å². The molecule has 0 aliphatic heterocycles. The summed E-state index contributed by atoms with van der Waals surface area (Å²) < 4.78 is 0. The molecule has 2 atom stereocenters. The Morgan fingerprint density at radius 3 is 2.50 bits per heavy atom. The van der Waals surface area contributed by atoms with Crippen molar-refractivity contribution in [2.45, 2.75) is 31.8 Å². The van der Waals surface area contributed by atoms with Crippen molar-refractivity contribution >= 4 is 29.3 Å². The number of carbonyl (C=O) groups excluding carboxylic acids is 1. The first kappa shape index (κ1) is 16.0. The number of hydrogen-bond donors (Lipinski definition) is 4. The highest BCUT2D eigenvalue weighted by atomic mass is 32.1. The number of thiophene rings is 1. The minimum absolute atomic E-state index is 0.161. The van der Waals surface area contributed by atoms with Crippen molar-refractivity contribution in [2.75, 3.05) is 0 Å². The minimum Gasteiger partial charge on any atom is -0.481 e. The summed E-state index contributed by atoms with van der Waals surface area (Å²) in [5.41, 5.74) is 0. The molecule has 0 fully saturated rings. The van der Waals surface area contributed by atoms with Gasteiger partial charge < -0.3 is 20.8 Å². The summed E-state index contributed by atoms with van der Waals surface area (Å²) in [4.78, 5) is 34.0. The number of nitrogens with one attached hydrogen (secondary N) is 2. The first-order chi connectivity index (χ1) is 9.40. The maximum Gasteiger partial charge on any atom is 0.326 e. The largest absolute Gasteiger partial charge is 0.481 e. The molecule has 1 aromatic rings. The molecule has 1 rings (SSSR count). The van der Waals surface area contributed by atoms with Gasteiger partial charge in [0.15, 0.2) is 0 Å². The molecule has 8 heteroatoms. The van der Waals surface area contributed by atoms with Gasteiger partial charge in [0.1, 0.15) is 6.04 Å². The maximum atomic E-state index is 11.7. The molecule has 1 unspecified atom stereocenters. The Kier molecular flexibility index (Phi) is 5.98. The molecule has 0 bridgehead atoms. The van der Waals surface area contributed by atoms with Crippen LogP contribution in [0.25, 0.3) is 0 Å². The number of carboxylic acids is 2. The molecule has 7 nitrogen and oxygen atoms in total. The Labute approximate surface area is 119 Å². The van der Waals surface area contributed by atoms with Gasteiger partial charge in [-0.1, -0.05) is 6.07 Å². The van der Waals surface area contributed by atoms with Crippen LogP contribution in [0.15, 0.2) is 17.5 Å². The molecule has 0 saturated carbocycles. The van der Waals surface area contributed by atoms with Crippen molar-refractivity contribution < 1.29 is 24.6 Å². The van der Waals surface area contributed by atoms with Crippen molar-refractivity contribution in [3.05, 3.63) is 22.4 Å². The summed E-state index contributed by atoms with van der Waals surface area (Å²) >= 11 is 1.48. The van der Waals surface area contributed by atoms with Crippen LogP contribution in [-0.2, 0) is 9.59 Å². The van der Waals surface area contributed by atoms with Gasteiger partial charge in [0, 0.05) is 11.3 Å². The molecule has 4 N–H and O–H groups in total. The van der Waals surface area contributed by atoms with Gasteiger partial charge in [-0.05, 0) is 24.8 Å². The van der Waals surface area contributed by atoms with E-state index in [1.807, 2.05) is 17.5 Å². The number of aliphatic carboxylic acids is 2. The van der Waals surface area contributed by atoms with E-state index in [0.717, 1.165) is 4.88 Å². The van der Waals surface area contributed by atoms with E-state index in [-0.39, 0.29) is 18.9 Å². The zero-order valence-corrected chi connectivity index (χ0v) is 11.6. The molecule has 0 aliphatic carbocycles. The van der Waals surface area contributed by atoms with Crippen LogP contribution in [0.1, 0.15) is 30.7 Å². The molecule has 0 saturated heterocycles. The molecule has 0 spiro atoms. The smallest absolute Gasteiger partial charge is 0.326 e. The van der Waals surface area contributed by atoms with Gasteiger partial charge in [0.25, 0.3) is 0 Å². The number of hydrogen-bond acceptors (Lipinski definition) is 4. The second kappa shape index (κ2) is 7.49. The fraction of sp³-hybridized carbons (Fsp3) is 0.417. The number of carboxylic acid groups (broad SMARTS) is 2. The van der Waals surface area contributed by atoms with Crippen molar-refractivity contribution in [2.24, 2.45) is 0 Å². The monoisotopic (exact) mass is 300 g/mol. The molecule has 20 heavy (non-hydrogen) atoms. The molecule has 0 aromatic carbocycles. The Balaban J connectivity index is 2.49. The van der Waals surface area contributed by atoms with Gasteiger partial charge in [-0.15, -0.1) is 11.3 Å². The van der Waals surface area contributed by atoms with Crippen molar-refractivity contribution in [3.8, 4) is 0 Å². The molecular weight excluding hydrogens is 284 g/mol. The van der Waals surface area contributed by atoms with E-state index in [9.17, 15) is 14.4 Å². The average molecular weight is 300 g/mol. The predicted molar refractivity (Wildman–Crippen MR) is 72.7 cm³/mol. The molecule has 1 aromatic heterocycles. The zero-order chi connectivity index (χ0) is 15.1. The van der Waals surface area contributed by atoms with E-state index in [0.29, 0.717) is 0 Å². The van der Waals surface area contributed by atoms with Crippen LogP contribution < -0.4 is 10.6 Å². The highest BCUT2D eigenvalue weighted by Gasteiger charge is 2.21. The normalized spacial score (nSPS) is 13.2. The summed E-state index contributed by atoms with van der Waals surface area (Å²) in [5.74, 6) is -2.37. The first-order valence-corrected chi connectivity index (χ1v) is 6.83.